The maximum atomic E-state index is 11.4. The predicted molar refractivity (Wildman–Crippen MR) is 55.6 cm³/mol. The molecule has 0 radical (unpaired) electrons. The van der Waals surface area contributed by atoms with E-state index >= 15 is 0 Å². The van der Waals surface area contributed by atoms with Gasteiger partial charge in [-0.25, -0.2) is 0 Å². The quantitative estimate of drug-likeness (QED) is 0.795. The Labute approximate surface area is 84.6 Å². The summed E-state index contributed by atoms with van der Waals surface area (Å²) in [6, 6.07) is 3.86. The van der Waals surface area contributed by atoms with Gasteiger partial charge in [-0.05, 0) is 24.6 Å². The van der Waals surface area contributed by atoms with E-state index in [1.807, 2.05) is 32.9 Å². The molecular formula is C11H16N2O. The Morgan fingerprint density at radius 1 is 1.29 bits per heavy atom. The number of amides is 1. The van der Waals surface area contributed by atoms with Crippen molar-refractivity contribution < 1.29 is 4.79 Å². The van der Waals surface area contributed by atoms with E-state index in [4.69, 9.17) is 0 Å². The molecule has 14 heavy (non-hydrogen) atoms. The zero-order valence-corrected chi connectivity index (χ0v) is 8.82. The highest BCUT2D eigenvalue weighted by Crippen LogP contribution is 2.10. The Kier molecular flexibility index (Phi) is 3.63. The second kappa shape index (κ2) is 4.74. The van der Waals surface area contributed by atoms with Crippen LogP contribution in [0.3, 0.4) is 0 Å². The van der Waals surface area contributed by atoms with Gasteiger partial charge in [-0.15, -0.1) is 0 Å². The van der Waals surface area contributed by atoms with Crippen molar-refractivity contribution in [1.29, 1.82) is 0 Å². The summed E-state index contributed by atoms with van der Waals surface area (Å²) in [4.78, 5) is 15.3. The second-order valence-corrected chi connectivity index (χ2v) is 3.67. The highest BCUT2D eigenvalue weighted by molar-refractivity contribution is 5.78. The topological polar surface area (TPSA) is 42.0 Å². The molecule has 0 saturated carbocycles. The van der Waals surface area contributed by atoms with Gasteiger partial charge in [0, 0.05) is 18.3 Å². The predicted octanol–water partition coefficient (Wildman–Crippen LogP) is 1.91. The minimum Gasteiger partial charge on any atom is -0.349 e. The Morgan fingerprint density at radius 2 is 1.86 bits per heavy atom. The maximum absolute atomic E-state index is 11.4. The van der Waals surface area contributed by atoms with Crippen LogP contribution in [0.1, 0.15) is 32.4 Å². The van der Waals surface area contributed by atoms with Crippen molar-refractivity contribution in [3.05, 3.63) is 30.1 Å². The molecule has 1 aromatic heterocycles. The summed E-state index contributed by atoms with van der Waals surface area (Å²) in [6.45, 7) is 5.73. The van der Waals surface area contributed by atoms with E-state index in [2.05, 4.69) is 10.3 Å². The lowest BCUT2D eigenvalue weighted by Gasteiger charge is -2.15. The highest BCUT2D eigenvalue weighted by Gasteiger charge is 2.11. The van der Waals surface area contributed by atoms with E-state index in [9.17, 15) is 4.79 Å². The first-order valence-corrected chi connectivity index (χ1v) is 4.81. The van der Waals surface area contributed by atoms with Crippen molar-refractivity contribution in [2.45, 2.75) is 26.8 Å². The van der Waals surface area contributed by atoms with Gasteiger partial charge in [0.15, 0.2) is 0 Å². The maximum Gasteiger partial charge on any atom is 0.223 e. The molecule has 0 fully saturated rings. The number of hydrogen-bond donors (Lipinski definition) is 1. The lowest BCUT2D eigenvalue weighted by Crippen LogP contribution is -2.30. The Balaban J connectivity index is 2.59. The molecule has 3 heteroatoms. The molecule has 0 bridgehead atoms. The molecule has 3 nitrogen and oxygen atoms in total. The summed E-state index contributed by atoms with van der Waals surface area (Å²) in [7, 11) is 0. The Hall–Kier alpha value is -1.38. The molecule has 1 N–H and O–H groups in total. The fraction of sp³-hybridized carbons (Fsp3) is 0.455. The first kappa shape index (κ1) is 10.7. The van der Waals surface area contributed by atoms with Crippen molar-refractivity contribution in [3.63, 3.8) is 0 Å². The van der Waals surface area contributed by atoms with Gasteiger partial charge < -0.3 is 5.32 Å². The van der Waals surface area contributed by atoms with Gasteiger partial charge in [-0.3, -0.25) is 9.78 Å². The van der Waals surface area contributed by atoms with E-state index in [1.54, 1.807) is 12.4 Å². The van der Waals surface area contributed by atoms with Crippen LogP contribution >= 0.6 is 0 Å². The lowest BCUT2D eigenvalue weighted by atomic mass is 10.1. The number of nitrogens with one attached hydrogen (secondary N) is 1. The van der Waals surface area contributed by atoms with E-state index < -0.39 is 0 Å². The first-order valence-electron chi connectivity index (χ1n) is 4.81. The van der Waals surface area contributed by atoms with Crippen LogP contribution in [0.2, 0.25) is 0 Å². The smallest absolute Gasteiger partial charge is 0.223 e. The minimum absolute atomic E-state index is 0.0271. The van der Waals surface area contributed by atoms with Crippen LogP contribution in [0.4, 0.5) is 0 Å². The largest absolute Gasteiger partial charge is 0.349 e. The van der Waals surface area contributed by atoms with Crippen molar-refractivity contribution >= 4 is 5.91 Å². The van der Waals surface area contributed by atoms with Gasteiger partial charge in [0.05, 0.1) is 6.04 Å². The molecule has 0 aliphatic carbocycles. The van der Waals surface area contributed by atoms with Crippen LogP contribution in [0.15, 0.2) is 24.5 Å². The number of carbonyl (C=O) groups excluding carboxylic acids is 1. The Bertz CT molecular complexity index is 295. The van der Waals surface area contributed by atoms with Crippen LogP contribution < -0.4 is 5.32 Å². The standard InChI is InChI=1S/C11H16N2O/c1-8(2)11(14)13-9(3)10-4-6-12-7-5-10/h4-9H,1-3H3,(H,13,14)/t9-/m0/s1. The molecule has 76 valence electrons. The summed E-state index contributed by atoms with van der Waals surface area (Å²) in [5, 5.41) is 2.93. The summed E-state index contributed by atoms with van der Waals surface area (Å²) >= 11 is 0. The van der Waals surface area contributed by atoms with Crippen LogP contribution in [-0.4, -0.2) is 10.9 Å². The third kappa shape index (κ3) is 2.83. The van der Waals surface area contributed by atoms with Gasteiger partial charge in [0.1, 0.15) is 0 Å². The molecule has 0 spiro atoms. The van der Waals surface area contributed by atoms with E-state index in [0.717, 1.165) is 5.56 Å². The molecule has 0 aliphatic heterocycles. The minimum atomic E-state index is 0.0271. The van der Waals surface area contributed by atoms with E-state index in [0.29, 0.717) is 0 Å². The number of rotatable bonds is 3. The summed E-state index contributed by atoms with van der Waals surface area (Å²) < 4.78 is 0. The molecule has 0 unspecified atom stereocenters. The lowest BCUT2D eigenvalue weighted by molar-refractivity contribution is -0.124. The molecule has 1 atom stereocenters. The van der Waals surface area contributed by atoms with E-state index in [-0.39, 0.29) is 17.9 Å². The van der Waals surface area contributed by atoms with Crippen molar-refractivity contribution in [2.24, 2.45) is 5.92 Å². The van der Waals surface area contributed by atoms with Crippen molar-refractivity contribution in [1.82, 2.24) is 10.3 Å². The third-order valence-corrected chi connectivity index (χ3v) is 2.09. The van der Waals surface area contributed by atoms with Crippen molar-refractivity contribution in [2.75, 3.05) is 0 Å². The summed E-state index contributed by atoms with van der Waals surface area (Å²) in [6.07, 6.45) is 3.46. The normalized spacial score (nSPS) is 12.6. The molecule has 1 heterocycles. The SMILES string of the molecule is CC(C)C(=O)N[C@@H](C)c1ccncc1. The first-order chi connectivity index (χ1) is 6.61. The second-order valence-electron chi connectivity index (χ2n) is 3.67. The van der Waals surface area contributed by atoms with Crippen LogP contribution in [0, 0.1) is 5.92 Å². The van der Waals surface area contributed by atoms with Gasteiger partial charge in [0.2, 0.25) is 5.91 Å². The van der Waals surface area contributed by atoms with Gasteiger partial charge in [0.25, 0.3) is 0 Å². The summed E-state index contributed by atoms with van der Waals surface area (Å²) in [5.41, 5.74) is 1.08. The van der Waals surface area contributed by atoms with Gasteiger partial charge >= 0.3 is 0 Å². The van der Waals surface area contributed by atoms with Gasteiger partial charge in [-0.2, -0.15) is 0 Å². The molecule has 1 rings (SSSR count). The molecule has 1 amide bonds. The molecule has 0 aromatic carbocycles. The molecular weight excluding hydrogens is 176 g/mol. The number of hydrogen-bond acceptors (Lipinski definition) is 2. The fourth-order valence-electron chi connectivity index (χ4n) is 1.12. The number of carbonyl (C=O) groups is 1. The van der Waals surface area contributed by atoms with E-state index in [1.165, 1.54) is 0 Å². The van der Waals surface area contributed by atoms with Crippen LogP contribution in [0.5, 0.6) is 0 Å². The number of aromatic nitrogens is 1. The molecule has 1 aromatic rings. The number of nitrogens with zero attached hydrogens (tertiary/aromatic N) is 1. The highest BCUT2D eigenvalue weighted by atomic mass is 16.1. The van der Waals surface area contributed by atoms with Gasteiger partial charge in [-0.1, -0.05) is 13.8 Å². The fourth-order valence-corrected chi connectivity index (χ4v) is 1.12. The Morgan fingerprint density at radius 3 is 2.36 bits per heavy atom. The van der Waals surface area contributed by atoms with Crippen LogP contribution in [0.25, 0.3) is 0 Å². The third-order valence-electron chi connectivity index (χ3n) is 2.09. The van der Waals surface area contributed by atoms with Crippen LogP contribution in [-0.2, 0) is 4.79 Å². The number of pyridine rings is 1. The summed E-state index contributed by atoms with van der Waals surface area (Å²) in [5.74, 6) is 0.105. The average molecular weight is 192 g/mol. The average Bonchev–Trinajstić information content (AvgIpc) is 2.19. The zero-order valence-electron chi connectivity index (χ0n) is 8.82. The van der Waals surface area contributed by atoms with Crippen molar-refractivity contribution in [3.8, 4) is 0 Å². The molecule has 0 aliphatic rings. The molecule has 0 saturated heterocycles. The monoisotopic (exact) mass is 192 g/mol. The zero-order chi connectivity index (χ0) is 10.6.